The van der Waals surface area contributed by atoms with Crippen LogP contribution in [-0.2, 0) is 11.3 Å². The molecule has 0 saturated carbocycles. The van der Waals surface area contributed by atoms with Gasteiger partial charge in [-0.2, -0.15) is 0 Å². The SMILES string of the molecule is CCCNc1ccnc(CN(C)CC(=O)N(C)C)c1. The maximum atomic E-state index is 11.6. The van der Waals surface area contributed by atoms with Crippen LogP contribution in [0.1, 0.15) is 19.0 Å². The van der Waals surface area contributed by atoms with Crippen molar-refractivity contribution in [2.24, 2.45) is 0 Å². The first kappa shape index (κ1) is 15.4. The van der Waals surface area contributed by atoms with Gasteiger partial charge in [-0.25, -0.2) is 0 Å². The van der Waals surface area contributed by atoms with Crippen LogP contribution in [0.3, 0.4) is 0 Å². The Labute approximate surface area is 115 Å². The van der Waals surface area contributed by atoms with Crippen molar-refractivity contribution < 1.29 is 4.79 Å². The van der Waals surface area contributed by atoms with Crippen molar-refractivity contribution in [2.45, 2.75) is 19.9 Å². The molecule has 5 heteroatoms. The Morgan fingerprint density at radius 2 is 2.11 bits per heavy atom. The normalized spacial score (nSPS) is 10.6. The summed E-state index contributed by atoms with van der Waals surface area (Å²) < 4.78 is 0. The van der Waals surface area contributed by atoms with E-state index in [9.17, 15) is 4.79 Å². The Kier molecular flexibility index (Phi) is 6.29. The Morgan fingerprint density at radius 3 is 2.74 bits per heavy atom. The van der Waals surface area contributed by atoms with Gasteiger partial charge in [0.1, 0.15) is 0 Å². The number of nitrogens with zero attached hydrogens (tertiary/aromatic N) is 3. The number of pyridine rings is 1. The zero-order chi connectivity index (χ0) is 14.3. The van der Waals surface area contributed by atoms with Gasteiger partial charge in [-0.1, -0.05) is 6.92 Å². The molecule has 1 aromatic rings. The second-order valence-electron chi connectivity index (χ2n) is 4.92. The Balaban J connectivity index is 2.54. The van der Waals surface area contributed by atoms with E-state index in [0.29, 0.717) is 13.1 Å². The molecule has 106 valence electrons. The van der Waals surface area contributed by atoms with E-state index < -0.39 is 0 Å². The summed E-state index contributed by atoms with van der Waals surface area (Å²) in [5.41, 5.74) is 2.05. The van der Waals surface area contributed by atoms with E-state index in [2.05, 4.69) is 17.2 Å². The second-order valence-corrected chi connectivity index (χ2v) is 4.92. The minimum atomic E-state index is 0.0998. The van der Waals surface area contributed by atoms with Crippen LogP contribution in [0.25, 0.3) is 0 Å². The van der Waals surface area contributed by atoms with Gasteiger partial charge in [0, 0.05) is 39.1 Å². The summed E-state index contributed by atoms with van der Waals surface area (Å²) in [5.74, 6) is 0.0998. The van der Waals surface area contributed by atoms with Gasteiger partial charge < -0.3 is 10.2 Å². The minimum Gasteiger partial charge on any atom is -0.385 e. The highest BCUT2D eigenvalue weighted by Gasteiger charge is 2.09. The molecule has 0 saturated heterocycles. The van der Waals surface area contributed by atoms with Crippen molar-refractivity contribution in [3.8, 4) is 0 Å². The van der Waals surface area contributed by atoms with Crippen molar-refractivity contribution in [3.05, 3.63) is 24.0 Å². The number of aromatic nitrogens is 1. The van der Waals surface area contributed by atoms with Gasteiger partial charge in [0.15, 0.2) is 0 Å². The van der Waals surface area contributed by atoms with E-state index in [1.54, 1.807) is 25.2 Å². The maximum Gasteiger partial charge on any atom is 0.236 e. The molecule has 0 aromatic carbocycles. The third kappa shape index (κ3) is 5.70. The summed E-state index contributed by atoms with van der Waals surface area (Å²) in [5, 5.41) is 3.33. The number of amides is 1. The maximum absolute atomic E-state index is 11.6. The van der Waals surface area contributed by atoms with E-state index in [0.717, 1.165) is 24.3 Å². The number of rotatable bonds is 7. The highest BCUT2D eigenvalue weighted by atomic mass is 16.2. The number of anilines is 1. The molecule has 0 unspecified atom stereocenters. The molecule has 1 aromatic heterocycles. The summed E-state index contributed by atoms with van der Waals surface area (Å²) in [6.07, 6.45) is 2.89. The van der Waals surface area contributed by atoms with Crippen molar-refractivity contribution in [1.82, 2.24) is 14.8 Å². The predicted octanol–water partition coefficient (Wildman–Crippen LogP) is 1.42. The Bertz CT molecular complexity index is 406. The third-order valence-corrected chi connectivity index (χ3v) is 2.73. The molecule has 1 amide bonds. The quantitative estimate of drug-likeness (QED) is 0.809. The predicted molar refractivity (Wildman–Crippen MR) is 78.0 cm³/mol. The number of carbonyl (C=O) groups excluding carboxylic acids is 1. The molecule has 0 atom stereocenters. The topological polar surface area (TPSA) is 48.5 Å². The van der Waals surface area contributed by atoms with Crippen molar-refractivity contribution in [3.63, 3.8) is 0 Å². The first-order valence-electron chi connectivity index (χ1n) is 6.60. The van der Waals surface area contributed by atoms with Crippen LogP contribution in [0.15, 0.2) is 18.3 Å². The van der Waals surface area contributed by atoms with E-state index >= 15 is 0 Å². The van der Waals surface area contributed by atoms with Gasteiger partial charge in [-0.15, -0.1) is 0 Å². The molecule has 5 nitrogen and oxygen atoms in total. The van der Waals surface area contributed by atoms with Crippen molar-refractivity contribution >= 4 is 11.6 Å². The fourth-order valence-corrected chi connectivity index (χ4v) is 1.65. The van der Waals surface area contributed by atoms with Crippen LogP contribution in [0, 0.1) is 0 Å². The standard InChI is InChI=1S/C14H24N4O/c1-5-7-15-12-6-8-16-13(9-12)10-18(4)11-14(19)17(2)3/h6,8-9H,5,7,10-11H2,1-4H3,(H,15,16). The van der Waals surface area contributed by atoms with E-state index in [1.807, 2.05) is 24.1 Å². The lowest BCUT2D eigenvalue weighted by Gasteiger charge is -2.18. The van der Waals surface area contributed by atoms with Crippen LogP contribution in [0.2, 0.25) is 0 Å². The fraction of sp³-hybridized carbons (Fsp3) is 0.571. The van der Waals surface area contributed by atoms with E-state index in [-0.39, 0.29) is 5.91 Å². The Morgan fingerprint density at radius 1 is 1.37 bits per heavy atom. The molecule has 0 spiro atoms. The molecule has 0 bridgehead atoms. The molecule has 0 aliphatic carbocycles. The molecule has 19 heavy (non-hydrogen) atoms. The number of carbonyl (C=O) groups is 1. The first-order chi connectivity index (χ1) is 9.02. The smallest absolute Gasteiger partial charge is 0.236 e. The molecule has 1 N–H and O–H groups in total. The monoisotopic (exact) mass is 264 g/mol. The van der Waals surface area contributed by atoms with Crippen LogP contribution in [-0.4, -0.2) is 54.9 Å². The summed E-state index contributed by atoms with van der Waals surface area (Å²) in [6.45, 7) is 4.16. The largest absolute Gasteiger partial charge is 0.385 e. The highest BCUT2D eigenvalue weighted by molar-refractivity contribution is 5.77. The molecule has 0 fully saturated rings. The van der Waals surface area contributed by atoms with Gasteiger partial charge in [-0.05, 0) is 25.6 Å². The highest BCUT2D eigenvalue weighted by Crippen LogP contribution is 2.09. The van der Waals surface area contributed by atoms with Crippen LogP contribution in [0.5, 0.6) is 0 Å². The third-order valence-electron chi connectivity index (χ3n) is 2.73. The van der Waals surface area contributed by atoms with Gasteiger partial charge in [0.05, 0.1) is 12.2 Å². The first-order valence-corrected chi connectivity index (χ1v) is 6.60. The van der Waals surface area contributed by atoms with E-state index in [1.165, 1.54) is 0 Å². The van der Waals surface area contributed by atoms with E-state index in [4.69, 9.17) is 0 Å². The number of likely N-dealkylation sites (N-methyl/N-ethyl adjacent to an activating group) is 2. The number of nitrogens with one attached hydrogen (secondary N) is 1. The van der Waals surface area contributed by atoms with Gasteiger partial charge >= 0.3 is 0 Å². The summed E-state index contributed by atoms with van der Waals surface area (Å²) in [7, 11) is 5.46. The molecular weight excluding hydrogens is 240 g/mol. The van der Waals surface area contributed by atoms with Gasteiger partial charge in [0.25, 0.3) is 0 Å². The zero-order valence-corrected chi connectivity index (χ0v) is 12.3. The van der Waals surface area contributed by atoms with Gasteiger partial charge in [0.2, 0.25) is 5.91 Å². The van der Waals surface area contributed by atoms with Crippen LogP contribution in [0.4, 0.5) is 5.69 Å². The van der Waals surface area contributed by atoms with Crippen LogP contribution >= 0.6 is 0 Å². The summed E-state index contributed by atoms with van der Waals surface area (Å²) >= 11 is 0. The molecule has 1 heterocycles. The lowest BCUT2D eigenvalue weighted by Crippen LogP contribution is -2.34. The van der Waals surface area contributed by atoms with Crippen LogP contribution < -0.4 is 5.32 Å². The summed E-state index contributed by atoms with van der Waals surface area (Å²) in [6, 6.07) is 4.00. The number of hydrogen-bond acceptors (Lipinski definition) is 4. The molecule has 0 aliphatic heterocycles. The van der Waals surface area contributed by atoms with Crippen molar-refractivity contribution in [2.75, 3.05) is 39.5 Å². The van der Waals surface area contributed by atoms with Crippen molar-refractivity contribution in [1.29, 1.82) is 0 Å². The average Bonchev–Trinajstić information content (AvgIpc) is 2.36. The Hall–Kier alpha value is -1.62. The second kappa shape index (κ2) is 7.74. The van der Waals surface area contributed by atoms with Gasteiger partial charge in [-0.3, -0.25) is 14.7 Å². The lowest BCUT2D eigenvalue weighted by molar-refractivity contribution is -0.129. The summed E-state index contributed by atoms with van der Waals surface area (Å²) in [4.78, 5) is 19.5. The zero-order valence-electron chi connectivity index (χ0n) is 12.3. The number of hydrogen-bond donors (Lipinski definition) is 1. The molecule has 0 aliphatic rings. The fourth-order valence-electron chi connectivity index (χ4n) is 1.65. The lowest BCUT2D eigenvalue weighted by atomic mass is 10.3. The molecule has 0 radical (unpaired) electrons. The molecular formula is C14H24N4O. The average molecular weight is 264 g/mol. The minimum absolute atomic E-state index is 0.0998. The molecule has 1 rings (SSSR count).